The molecule has 0 spiro atoms. The number of hydrogen-bond donors (Lipinski definition) is 1. The van der Waals surface area contributed by atoms with Gasteiger partial charge in [0, 0.05) is 23.2 Å². The number of anilines is 1. The minimum atomic E-state index is 0.310. The van der Waals surface area contributed by atoms with Crippen LogP contribution in [-0.2, 0) is 19.4 Å². The van der Waals surface area contributed by atoms with Crippen molar-refractivity contribution in [3.8, 4) is 0 Å². The molecule has 4 aromatic rings. The fourth-order valence-corrected chi connectivity index (χ4v) is 3.77. The number of nitrogen functional groups attached to an aromatic ring is 1. The second-order valence-corrected chi connectivity index (χ2v) is 7.13. The van der Waals surface area contributed by atoms with E-state index in [0.717, 1.165) is 46.7 Å². The fourth-order valence-electron chi connectivity index (χ4n) is 3.54. The lowest BCUT2D eigenvalue weighted by atomic mass is 10.0. The summed E-state index contributed by atoms with van der Waals surface area (Å²) in [6, 6.07) is 18.3. The minimum absolute atomic E-state index is 0.310. The van der Waals surface area contributed by atoms with Gasteiger partial charge in [-0.25, -0.2) is 4.98 Å². The lowest BCUT2D eigenvalue weighted by Gasteiger charge is -2.06. The Hall–Kier alpha value is -2.85. The van der Waals surface area contributed by atoms with Crippen molar-refractivity contribution >= 4 is 28.6 Å². The van der Waals surface area contributed by atoms with Crippen LogP contribution in [0.15, 0.2) is 60.8 Å². The van der Waals surface area contributed by atoms with Gasteiger partial charge in [-0.1, -0.05) is 60.1 Å². The third kappa shape index (κ3) is 3.67. The van der Waals surface area contributed by atoms with Gasteiger partial charge in [-0.2, -0.15) is 4.98 Å². The van der Waals surface area contributed by atoms with Gasteiger partial charge in [-0.15, -0.1) is 0 Å². The maximum Gasteiger partial charge on any atom is 0.222 e. The molecule has 0 aliphatic heterocycles. The highest BCUT2D eigenvalue weighted by molar-refractivity contribution is 6.31. The van der Waals surface area contributed by atoms with Gasteiger partial charge in [-0.3, -0.25) is 0 Å². The summed E-state index contributed by atoms with van der Waals surface area (Å²) in [7, 11) is 0. The Balaban J connectivity index is 1.73. The molecule has 0 saturated heterocycles. The average molecular weight is 377 g/mol. The zero-order valence-electron chi connectivity index (χ0n) is 15.2. The van der Waals surface area contributed by atoms with Crippen molar-refractivity contribution in [1.29, 1.82) is 0 Å². The van der Waals surface area contributed by atoms with Crippen molar-refractivity contribution < 1.29 is 0 Å². The molecule has 0 saturated carbocycles. The monoisotopic (exact) mass is 376 g/mol. The van der Waals surface area contributed by atoms with Crippen LogP contribution in [0.3, 0.4) is 0 Å². The third-order valence-electron chi connectivity index (χ3n) is 4.81. The van der Waals surface area contributed by atoms with Crippen LogP contribution in [0.2, 0.25) is 5.02 Å². The van der Waals surface area contributed by atoms with Gasteiger partial charge in [0.05, 0.1) is 5.69 Å². The number of nitrogens with two attached hydrogens (primary N) is 1. The number of halogens is 1. The van der Waals surface area contributed by atoms with Crippen molar-refractivity contribution in [1.82, 2.24) is 14.5 Å². The molecule has 2 N–H and O–H groups in total. The molecule has 0 amide bonds. The molecule has 0 aliphatic rings. The summed E-state index contributed by atoms with van der Waals surface area (Å²) in [6.45, 7) is 2.74. The van der Waals surface area contributed by atoms with Crippen LogP contribution in [0.1, 0.15) is 22.4 Å². The minimum Gasteiger partial charge on any atom is -0.368 e. The van der Waals surface area contributed by atoms with Gasteiger partial charge in [0.15, 0.2) is 0 Å². The lowest BCUT2D eigenvalue weighted by molar-refractivity contribution is 0.816. The molecule has 0 radical (unpaired) electrons. The molecule has 2 aromatic carbocycles. The van der Waals surface area contributed by atoms with Crippen LogP contribution in [-0.4, -0.2) is 14.5 Å². The topological polar surface area (TPSA) is 56.7 Å². The molecule has 2 aromatic heterocycles. The molecule has 5 heteroatoms. The summed E-state index contributed by atoms with van der Waals surface area (Å²) in [6.07, 6.45) is 3.92. The Kier molecular flexibility index (Phi) is 4.82. The first kappa shape index (κ1) is 17.6. The zero-order valence-corrected chi connectivity index (χ0v) is 15.9. The van der Waals surface area contributed by atoms with E-state index >= 15 is 0 Å². The molecular weight excluding hydrogens is 356 g/mol. The standard InChI is InChI=1S/C22H21ClN4/c1-15-20-18(12-11-17-9-5-6-10-19(17)23)14-27(21(20)26-22(24)25-15)13-16-7-3-2-4-8-16/h2-10,14H,11-13H2,1H3,(H2,24,25,26). The zero-order chi connectivity index (χ0) is 18.8. The van der Waals surface area contributed by atoms with Crippen molar-refractivity contribution in [2.45, 2.75) is 26.3 Å². The fraction of sp³-hybridized carbons (Fsp3) is 0.182. The van der Waals surface area contributed by atoms with Gasteiger partial charge < -0.3 is 10.3 Å². The molecule has 0 unspecified atom stereocenters. The predicted molar refractivity (Wildman–Crippen MR) is 111 cm³/mol. The third-order valence-corrected chi connectivity index (χ3v) is 5.18. The highest BCUT2D eigenvalue weighted by Crippen LogP contribution is 2.26. The van der Waals surface area contributed by atoms with Gasteiger partial charge in [0.1, 0.15) is 5.65 Å². The largest absolute Gasteiger partial charge is 0.368 e. The van der Waals surface area contributed by atoms with Crippen LogP contribution in [0.5, 0.6) is 0 Å². The molecule has 27 heavy (non-hydrogen) atoms. The van der Waals surface area contributed by atoms with E-state index in [0.29, 0.717) is 5.95 Å². The normalized spacial score (nSPS) is 11.2. The summed E-state index contributed by atoms with van der Waals surface area (Å²) in [5, 5.41) is 1.90. The maximum atomic E-state index is 6.33. The Morgan fingerprint density at radius 3 is 2.41 bits per heavy atom. The highest BCUT2D eigenvalue weighted by Gasteiger charge is 2.15. The predicted octanol–water partition coefficient (Wildman–Crippen LogP) is 4.81. The Bertz CT molecular complexity index is 1090. The van der Waals surface area contributed by atoms with Crippen LogP contribution in [0.4, 0.5) is 5.95 Å². The van der Waals surface area contributed by atoms with Crippen molar-refractivity contribution in [2.75, 3.05) is 5.73 Å². The molecule has 0 bridgehead atoms. The number of aryl methyl sites for hydroxylation is 3. The summed E-state index contributed by atoms with van der Waals surface area (Å²) >= 11 is 6.33. The van der Waals surface area contributed by atoms with E-state index in [-0.39, 0.29) is 0 Å². The van der Waals surface area contributed by atoms with E-state index in [1.165, 1.54) is 11.1 Å². The summed E-state index contributed by atoms with van der Waals surface area (Å²) < 4.78 is 2.16. The molecular formula is C22H21ClN4. The van der Waals surface area contributed by atoms with Crippen LogP contribution in [0, 0.1) is 6.92 Å². The molecule has 0 fully saturated rings. The van der Waals surface area contributed by atoms with E-state index in [1.54, 1.807) is 0 Å². The second-order valence-electron chi connectivity index (χ2n) is 6.73. The molecule has 4 rings (SSSR count). The molecule has 2 heterocycles. The Labute approximate surface area is 163 Å². The van der Waals surface area contributed by atoms with Gasteiger partial charge in [-0.05, 0) is 42.5 Å². The Morgan fingerprint density at radius 1 is 0.926 bits per heavy atom. The van der Waals surface area contributed by atoms with E-state index in [2.05, 4.69) is 38.9 Å². The highest BCUT2D eigenvalue weighted by atomic mass is 35.5. The lowest BCUT2D eigenvalue weighted by Crippen LogP contribution is -2.03. The number of rotatable bonds is 5. The maximum absolute atomic E-state index is 6.33. The van der Waals surface area contributed by atoms with Crippen LogP contribution < -0.4 is 5.73 Å². The second kappa shape index (κ2) is 7.41. The number of hydrogen-bond acceptors (Lipinski definition) is 3. The van der Waals surface area contributed by atoms with Gasteiger partial charge >= 0.3 is 0 Å². The van der Waals surface area contributed by atoms with Crippen molar-refractivity contribution in [2.24, 2.45) is 0 Å². The number of aromatic nitrogens is 3. The SMILES string of the molecule is Cc1nc(N)nc2c1c(CCc1ccccc1Cl)cn2Cc1ccccc1. The van der Waals surface area contributed by atoms with E-state index in [9.17, 15) is 0 Å². The number of nitrogens with zero attached hydrogens (tertiary/aromatic N) is 3. The van der Waals surface area contributed by atoms with E-state index in [1.807, 2.05) is 43.3 Å². The van der Waals surface area contributed by atoms with Crippen LogP contribution >= 0.6 is 11.6 Å². The van der Waals surface area contributed by atoms with E-state index in [4.69, 9.17) is 17.3 Å². The van der Waals surface area contributed by atoms with Crippen LogP contribution in [0.25, 0.3) is 11.0 Å². The Morgan fingerprint density at radius 2 is 1.63 bits per heavy atom. The first-order valence-electron chi connectivity index (χ1n) is 9.01. The number of fused-ring (bicyclic) bond motifs is 1. The quantitative estimate of drug-likeness (QED) is 0.543. The molecule has 136 valence electrons. The molecule has 4 nitrogen and oxygen atoms in total. The van der Waals surface area contributed by atoms with Crippen molar-refractivity contribution in [3.05, 3.63) is 88.2 Å². The van der Waals surface area contributed by atoms with Gasteiger partial charge in [0.25, 0.3) is 0 Å². The van der Waals surface area contributed by atoms with E-state index < -0.39 is 0 Å². The first-order chi connectivity index (χ1) is 13.1. The van der Waals surface area contributed by atoms with Gasteiger partial charge in [0.2, 0.25) is 5.95 Å². The van der Waals surface area contributed by atoms with Crippen molar-refractivity contribution in [3.63, 3.8) is 0 Å². The number of benzene rings is 2. The summed E-state index contributed by atoms with van der Waals surface area (Å²) in [5.41, 5.74) is 11.3. The molecule has 0 aliphatic carbocycles. The summed E-state index contributed by atoms with van der Waals surface area (Å²) in [4.78, 5) is 8.91. The molecule has 0 atom stereocenters. The first-order valence-corrected chi connectivity index (χ1v) is 9.39. The average Bonchev–Trinajstić information content (AvgIpc) is 2.99. The summed E-state index contributed by atoms with van der Waals surface area (Å²) in [5.74, 6) is 0.310. The smallest absolute Gasteiger partial charge is 0.222 e.